The molecule has 0 aromatic heterocycles. The van der Waals surface area contributed by atoms with Crippen LogP contribution in [0.15, 0.2) is 30.3 Å². The fourth-order valence-corrected chi connectivity index (χ4v) is 1.56. The molecule has 1 N–H and O–H groups in total. The van der Waals surface area contributed by atoms with Gasteiger partial charge in [-0.2, -0.15) is 8.78 Å². The van der Waals surface area contributed by atoms with Crippen LogP contribution in [0.3, 0.4) is 0 Å². The fourth-order valence-electron chi connectivity index (χ4n) is 1.56. The Kier molecular flexibility index (Phi) is 4.06. The molecule has 3 nitrogen and oxygen atoms in total. The second-order valence-corrected chi connectivity index (χ2v) is 3.86. The zero-order valence-electron chi connectivity index (χ0n) is 10.1. The second-order valence-electron chi connectivity index (χ2n) is 3.86. The highest BCUT2D eigenvalue weighted by Crippen LogP contribution is 2.33. The molecule has 2 rings (SSSR count). The van der Waals surface area contributed by atoms with Crippen molar-refractivity contribution in [2.24, 2.45) is 0 Å². The van der Waals surface area contributed by atoms with E-state index in [1.54, 1.807) is 11.4 Å². The third-order valence-corrected chi connectivity index (χ3v) is 2.57. The Morgan fingerprint density at radius 2 is 1.43 bits per heavy atom. The van der Waals surface area contributed by atoms with Gasteiger partial charge in [-0.05, 0) is 12.1 Å². The summed E-state index contributed by atoms with van der Waals surface area (Å²) in [5.74, 6) is -11.0. The topological polar surface area (TPSA) is 38.3 Å². The largest absolute Gasteiger partial charge is 0.317 e. The zero-order chi connectivity index (χ0) is 15.6. The van der Waals surface area contributed by atoms with E-state index in [-0.39, 0.29) is 5.56 Å². The van der Waals surface area contributed by atoms with Crippen LogP contribution < -0.4 is 10.3 Å². The average Bonchev–Trinajstić information content (AvgIpc) is 2.51. The molecular weight excluding hydrogens is 297 g/mol. The Labute approximate surface area is 114 Å². The Bertz CT molecular complexity index is 662. The van der Waals surface area contributed by atoms with Gasteiger partial charge in [0.05, 0.1) is 0 Å². The highest BCUT2D eigenvalue weighted by atomic mass is 19.3. The summed E-state index contributed by atoms with van der Waals surface area (Å²) in [5.41, 5.74) is -1.37. The first-order valence-corrected chi connectivity index (χ1v) is 5.48. The molecule has 2 aromatic carbocycles. The zero-order valence-corrected chi connectivity index (χ0v) is 10.1. The molecule has 0 saturated heterocycles. The van der Waals surface area contributed by atoms with Crippen molar-refractivity contribution in [1.29, 1.82) is 0 Å². The van der Waals surface area contributed by atoms with Crippen molar-refractivity contribution < 1.29 is 31.8 Å². The predicted molar refractivity (Wildman–Crippen MR) is 62.4 cm³/mol. The monoisotopic (exact) mass is 303 g/mol. The third kappa shape index (κ3) is 2.64. The van der Waals surface area contributed by atoms with Crippen LogP contribution in [0.4, 0.5) is 27.8 Å². The molecule has 0 spiro atoms. The van der Waals surface area contributed by atoms with Gasteiger partial charge in [0.2, 0.25) is 17.4 Å². The van der Waals surface area contributed by atoms with E-state index in [1.807, 2.05) is 0 Å². The van der Waals surface area contributed by atoms with Gasteiger partial charge in [0.1, 0.15) is 5.69 Å². The van der Waals surface area contributed by atoms with E-state index in [9.17, 15) is 26.9 Å². The Balaban J connectivity index is 2.44. The number of carbonyl (C=O) groups is 1. The molecule has 0 atom stereocenters. The quantitative estimate of drug-likeness (QED) is 0.692. The Morgan fingerprint density at radius 3 is 1.90 bits per heavy atom. The normalized spacial score (nSPS) is 10.3. The Hall–Kier alpha value is -2.64. The summed E-state index contributed by atoms with van der Waals surface area (Å²) in [5, 5.41) is 1.68. The van der Waals surface area contributed by atoms with E-state index in [1.165, 1.54) is 24.3 Å². The molecule has 0 aliphatic rings. The van der Waals surface area contributed by atoms with E-state index in [4.69, 9.17) is 0 Å². The van der Waals surface area contributed by atoms with Crippen LogP contribution in [-0.2, 0) is 0 Å². The Morgan fingerprint density at radius 1 is 0.905 bits per heavy atom. The number of amides is 1. The van der Waals surface area contributed by atoms with Gasteiger partial charge in [0, 0.05) is 10.1 Å². The fraction of sp³-hybridized carbons (Fsp3) is 0. The number of rotatable bonds is 3. The average molecular weight is 303 g/mol. The van der Waals surface area contributed by atoms with Crippen molar-refractivity contribution in [3.05, 3.63) is 59.2 Å². The highest BCUT2D eigenvalue weighted by molar-refractivity contribution is 6.04. The van der Waals surface area contributed by atoms with Crippen molar-refractivity contribution >= 4 is 11.6 Å². The van der Waals surface area contributed by atoms with Gasteiger partial charge >= 0.3 is 0 Å². The molecule has 0 aliphatic carbocycles. The van der Waals surface area contributed by atoms with Crippen LogP contribution in [0.5, 0.6) is 5.75 Å². The van der Waals surface area contributed by atoms with Crippen LogP contribution >= 0.6 is 0 Å². The first-order valence-electron chi connectivity index (χ1n) is 5.48. The molecule has 1 amide bonds. The molecule has 0 unspecified atom stereocenters. The van der Waals surface area contributed by atoms with Crippen molar-refractivity contribution in [2.45, 2.75) is 0 Å². The number of hydrogen-bond donors (Lipinski definition) is 1. The molecule has 21 heavy (non-hydrogen) atoms. The maximum Gasteiger partial charge on any atom is 0.255 e. The van der Waals surface area contributed by atoms with E-state index in [2.05, 4.69) is 4.94 Å². The first-order chi connectivity index (χ1) is 9.97. The maximum atomic E-state index is 13.5. The molecule has 110 valence electrons. The number of benzene rings is 2. The summed E-state index contributed by atoms with van der Waals surface area (Å²) in [6.07, 6.45) is 0. The lowest BCUT2D eigenvalue weighted by Gasteiger charge is -2.10. The van der Waals surface area contributed by atoms with Gasteiger partial charge in [0.25, 0.3) is 5.91 Å². The van der Waals surface area contributed by atoms with Crippen LogP contribution in [0.2, 0.25) is 0 Å². The lowest BCUT2D eigenvalue weighted by atomic mass is 10.2. The summed E-state index contributed by atoms with van der Waals surface area (Å²) in [4.78, 5) is 14.4. The van der Waals surface area contributed by atoms with Crippen LogP contribution in [0.1, 0.15) is 10.4 Å². The van der Waals surface area contributed by atoms with E-state index >= 15 is 0 Å². The number of carbonyl (C=O) groups excluding carboxylic acids is 1. The molecule has 0 aliphatic heterocycles. The number of halogens is 5. The van der Waals surface area contributed by atoms with Crippen LogP contribution in [0.25, 0.3) is 0 Å². The molecule has 0 bridgehead atoms. The predicted octanol–water partition coefficient (Wildman–Crippen LogP) is 3.76. The second kappa shape index (κ2) is 5.78. The summed E-state index contributed by atoms with van der Waals surface area (Å²) in [7, 11) is 0. The standard InChI is InChI=1S/C13H6F5NO2/c14-7-9(16)12(21-18)10(17)8(15)11(7)19-13(20)6-4-2-1-3-5-6/h1-5H,(H,19,20). The number of hydrogen-bond acceptors (Lipinski definition) is 2. The van der Waals surface area contributed by atoms with Crippen molar-refractivity contribution in [1.82, 2.24) is 0 Å². The van der Waals surface area contributed by atoms with Crippen LogP contribution in [-0.4, -0.2) is 5.91 Å². The van der Waals surface area contributed by atoms with Crippen molar-refractivity contribution in [3.8, 4) is 5.75 Å². The van der Waals surface area contributed by atoms with Gasteiger partial charge in [-0.1, -0.05) is 18.2 Å². The molecule has 0 heterocycles. The van der Waals surface area contributed by atoms with E-state index in [0.717, 1.165) is 0 Å². The van der Waals surface area contributed by atoms with Gasteiger partial charge in [-0.15, -0.1) is 0 Å². The van der Waals surface area contributed by atoms with E-state index < -0.39 is 40.6 Å². The summed E-state index contributed by atoms with van der Waals surface area (Å²) < 4.78 is 65.4. The van der Waals surface area contributed by atoms with Gasteiger partial charge < -0.3 is 5.32 Å². The molecular formula is C13H6F5NO2. The van der Waals surface area contributed by atoms with Crippen LogP contribution in [0, 0.1) is 23.3 Å². The summed E-state index contributed by atoms with van der Waals surface area (Å²) in [6, 6.07) is 7.17. The van der Waals surface area contributed by atoms with Gasteiger partial charge in [0.15, 0.2) is 11.6 Å². The van der Waals surface area contributed by atoms with Crippen molar-refractivity contribution in [3.63, 3.8) is 0 Å². The molecule has 0 fully saturated rings. The minimum absolute atomic E-state index is 0.00272. The molecule has 0 radical (unpaired) electrons. The van der Waals surface area contributed by atoms with Crippen molar-refractivity contribution in [2.75, 3.05) is 5.32 Å². The first kappa shape index (κ1) is 14.8. The SMILES string of the molecule is O=C(Nc1c(F)c(F)c(OF)c(F)c1F)c1ccccc1. The number of nitrogens with one attached hydrogen (secondary N) is 1. The van der Waals surface area contributed by atoms with Gasteiger partial charge in [-0.25, -0.2) is 8.78 Å². The molecule has 8 heteroatoms. The number of anilines is 1. The minimum atomic E-state index is -2.10. The van der Waals surface area contributed by atoms with E-state index in [0.29, 0.717) is 0 Å². The highest BCUT2D eigenvalue weighted by Gasteiger charge is 2.28. The minimum Gasteiger partial charge on any atom is -0.317 e. The summed E-state index contributed by atoms with van der Waals surface area (Å²) in [6.45, 7) is 0. The summed E-state index contributed by atoms with van der Waals surface area (Å²) >= 11 is 0. The molecule has 0 saturated carbocycles. The third-order valence-electron chi connectivity index (χ3n) is 2.57. The molecule has 2 aromatic rings. The lowest BCUT2D eigenvalue weighted by Crippen LogP contribution is -2.16. The van der Waals surface area contributed by atoms with Gasteiger partial charge in [-0.3, -0.25) is 9.74 Å². The smallest absolute Gasteiger partial charge is 0.255 e. The maximum absolute atomic E-state index is 13.5. The lowest BCUT2D eigenvalue weighted by molar-refractivity contribution is -0.0168.